The molecular weight excluding hydrogens is 321 g/mol. The lowest BCUT2D eigenvalue weighted by Crippen LogP contribution is -2.38. The van der Waals surface area contributed by atoms with Gasteiger partial charge in [0.1, 0.15) is 0 Å². The average molecular weight is 338 g/mol. The zero-order chi connectivity index (χ0) is 17.7. The molecule has 0 radical (unpaired) electrons. The number of hydrogen-bond donors (Lipinski definition) is 2. The van der Waals surface area contributed by atoms with Gasteiger partial charge in [0.15, 0.2) is 0 Å². The second-order valence-corrected chi connectivity index (χ2v) is 5.29. The van der Waals surface area contributed by atoms with Crippen LogP contribution in [-0.2, 0) is 6.18 Å². The smallest absolute Gasteiger partial charge is 0.386 e. The predicted octanol–water partition coefficient (Wildman–Crippen LogP) is 3.34. The fraction of sp³-hybridized carbons (Fsp3) is 0.294. The molecule has 2 atom stereocenters. The van der Waals surface area contributed by atoms with Crippen LogP contribution in [0.2, 0.25) is 0 Å². The third-order valence-corrected chi connectivity index (χ3v) is 3.66. The molecule has 0 aliphatic rings. The summed E-state index contributed by atoms with van der Waals surface area (Å²) in [6, 6.07) is 6.71. The molecule has 4 nitrogen and oxygen atoms in total. The summed E-state index contributed by atoms with van der Waals surface area (Å²) in [6.07, 6.45) is -2.17. The largest absolute Gasteiger partial charge is 0.416 e. The topological polar surface area (TPSA) is 62.2 Å². The molecule has 2 N–H and O–H groups in total. The molecule has 0 unspecified atom stereocenters. The first kappa shape index (κ1) is 17.9. The second-order valence-electron chi connectivity index (χ2n) is 5.29. The van der Waals surface area contributed by atoms with Gasteiger partial charge in [0.25, 0.3) is 5.91 Å². The van der Waals surface area contributed by atoms with Gasteiger partial charge in [0.2, 0.25) is 0 Å². The van der Waals surface area contributed by atoms with Gasteiger partial charge in [-0.15, -0.1) is 0 Å². The minimum atomic E-state index is -4.43. The Bertz CT molecular complexity index is 672. The van der Waals surface area contributed by atoms with E-state index in [-0.39, 0.29) is 5.91 Å². The third kappa shape index (κ3) is 4.32. The molecule has 2 rings (SSSR count). The Labute approximate surface area is 137 Å². The molecule has 0 aliphatic carbocycles. The van der Waals surface area contributed by atoms with E-state index in [1.165, 1.54) is 36.7 Å². The van der Waals surface area contributed by atoms with Crippen molar-refractivity contribution < 1.29 is 23.1 Å². The summed E-state index contributed by atoms with van der Waals surface area (Å²) in [4.78, 5) is 16.0. The lowest BCUT2D eigenvalue weighted by molar-refractivity contribution is -0.137. The summed E-state index contributed by atoms with van der Waals surface area (Å²) in [7, 11) is 0. The van der Waals surface area contributed by atoms with E-state index < -0.39 is 23.9 Å². The Morgan fingerprint density at radius 1 is 1.17 bits per heavy atom. The molecule has 0 fully saturated rings. The first-order valence-corrected chi connectivity index (χ1v) is 7.39. The monoisotopic (exact) mass is 338 g/mol. The lowest BCUT2D eigenvalue weighted by Gasteiger charge is -2.23. The van der Waals surface area contributed by atoms with Gasteiger partial charge in [-0.1, -0.05) is 19.1 Å². The molecule has 2 aromatic rings. The third-order valence-electron chi connectivity index (χ3n) is 3.66. The summed E-state index contributed by atoms with van der Waals surface area (Å²) < 4.78 is 37.7. The summed E-state index contributed by atoms with van der Waals surface area (Å²) in [5.74, 6) is -0.379. The van der Waals surface area contributed by atoms with E-state index in [4.69, 9.17) is 0 Å². The average Bonchev–Trinajstić information content (AvgIpc) is 2.59. The van der Waals surface area contributed by atoms with Gasteiger partial charge in [-0.25, -0.2) is 0 Å². The maximum atomic E-state index is 12.6. The molecule has 24 heavy (non-hydrogen) atoms. The number of benzene rings is 1. The number of carbonyl (C=O) groups is 1. The number of amides is 1. The Morgan fingerprint density at radius 3 is 2.25 bits per heavy atom. The number of alkyl halides is 3. The number of aliphatic hydroxyl groups excluding tert-OH is 1. The predicted molar refractivity (Wildman–Crippen MR) is 82.2 cm³/mol. The second kappa shape index (κ2) is 7.44. The van der Waals surface area contributed by atoms with Crippen LogP contribution in [0.4, 0.5) is 13.2 Å². The minimum absolute atomic E-state index is 0.310. The molecule has 1 amide bonds. The van der Waals surface area contributed by atoms with Gasteiger partial charge in [0.05, 0.1) is 17.7 Å². The molecule has 7 heteroatoms. The number of aliphatic hydroxyl groups is 1. The highest BCUT2D eigenvalue weighted by atomic mass is 19.4. The lowest BCUT2D eigenvalue weighted by atomic mass is 9.98. The molecule has 0 bridgehead atoms. The fourth-order valence-electron chi connectivity index (χ4n) is 2.26. The molecule has 0 saturated carbocycles. The maximum absolute atomic E-state index is 12.6. The van der Waals surface area contributed by atoms with Crippen molar-refractivity contribution in [3.8, 4) is 0 Å². The summed E-state index contributed by atoms with van der Waals surface area (Å²) in [5, 5.41) is 13.0. The van der Waals surface area contributed by atoms with Crippen molar-refractivity contribution >= 4 is 5.91 Å². The Kier molecular flexibility index (Phi) is 5.56. The molecule has 1 aromatic heterocycles. The quantitative estimate of drug-likeness (QED) is 0.879. The van der Waals surface area contributed by atoms with E-state index in [9.17, 15) is 23.1 Å². The first-order valence-electron chi connectivity index (χ1n) is 7.39. The molecule has 0 spiro atoms. The van der Waals surface area contributed by atoms with Crippen molar-refractivity contribution in [3.05, 3.63) is 65.5 Å². The van der Waals surface area contributed by atoms with Crippen LogP contribution in [0.5, 0.6) is 0 Å². The zero-order valence-electron chi connectivity index (χ0n) is 12.9. The fourth-order valence-corrected chi connectivity index (χ4v) is 2.26. The van der Waals surface area contributed by atoms with Crippen LogP contribution < -0.4 is 5.32 Å². The van der Waals surface area contributed by atoms with Crippen molar-refractivity contribution in [2.45, 2.75) is 31.7 Å². The van der Waals surface area contributed by atoms with Crippen molar-refractivity contribution in [2.75, 3.05) is 0 Å². The number of rotatable bonds is 5. The van der Waals surface area contributed by atoms with Crippen LogP contribution in [0, 0.1) is 0 Å². The molecule has 1 aromatic carbocycles. The van der Waals surface area contributed by atoms with Crippen molar-refractivity contribution in [1.29, 1.82) is 0 Å². The summed E-state index contributed by atoms with van der Waals surface area (Å²) >= 11 is 0. The number of nitrogens with one attached hydrogen (secondary N) is 1. The van der Waals surface area contributed by atoms with E-state index in [1.807, 2.05) is 0 Å². The Balaban J connectivity index is 2.11. The van der Waals surface area contributed by atoms with Crippen LogP contribution in [0.25, 0.3) is 0 Å². The van der Waals surface area contributed by atoms with Gasteiger partial charge >= 0.3 is 6.18 Å². The van der Waals surface area contributed by atoms with Gasteiger partial charge in [-0.05, 0) is 36.2 Å². The highest BCUT2D eigenvalue weighted by Crippen LogP contribution is 2.30. The van der Waals surface area contributed by atoms with E-state index in [0.717, 1.165) is 12.1 Å². The van der Waals surface area contributed by atoms with Crippen LogP contribution >= 0.6 is 0 Å². The normalized spacial score (nSPS) is 14.0. The number of nitrogens with zero attached hydrogens (tertiary/aromatic N) is 1. The highest BCUT2D eigenvalue weighted by molar-refractivity contribution is 5.94. The summed E-state index contributed by atoms with van der Waals surface area (Å²) in [5.41, 5.74) is -0.0831. The summed E-state index contributed by atoms with van der Waals surface area (Å²) in [6.45, 7) is 1.77. The van der Waals surface area contributed by atoms with E-state index in [2.05, 4.69) is 10.3 Å². The van der Waals surface area contributed by atoms with Crippen LogP contribution in [-0.4, -0.2) is 22.0 Å². The van der Waals surface area contributed by atoms with Gasteiger partial charge in [-0.2, -0.15) is 13.2 Å². The SMILES string of the molecule is CC[C@H](NC(=O)c1ccncc1)[C@H](O)c1ccc(C(F)(F)F)cc1. The van der Waals surface area contributed by atoms with Crippen molar-refractivity contribution in [1.82, 2.24) is 10.3 Å². The van der Waals surface area contributed by atoms with E-state index in [1.54, 1.807) is 6.92 Å². The molecule has 0 saturated heterocycles. The van der Waals surface area contributed by atoms with Gasteiger partial charge in [0, 0.05) is 18.0 Å². The highest BCUT2D eigenvalue weighted by Gasteiger charge is 2.30. The van der Waals surface area contributed by atoms with Gasteiger partial charge < -0.3 is 10.4 Å². The molecular formula is C17H17F3N2O2. The Hall–Kier alpha value is -2.41. The minimum Gasteiger partial charge on any atom is -0.386 e. The first-order chi connectivity index (χ1) is 11.3. The number of carbonyl (C=O) groups excluding carboxylic acids is 1. The van der Waals surface area contributed by atoms with Gasteiger partial charge in [-0.3, -0.25) is 9.78 Å². The van der Waals surface area contributed by atoms with Crippen LogP contribution in [0.1, 0.15) is 40.9 Å². The number of pyridine rings is 1. The molecule has 128 valence electrons. The number of halogens is 3. The maximum Gasteiger partial charge on any atom is 0.416 e. The Morgan fingerprint density at radius 2 is 1.75 bits per heavy atom. The molecule has 0 aliphatic heterocycles. The number of hydrogen-bond acceptors (Lipinski definition) is 3. The number of aromatic nitrogens is 1. The zero-order valence-corrected chi connectivity index (χ0v) is 12.9. The van der Waals surface area contributed by atoms with Crippen LogP contribution in [0.3, 0.4) is 0 Å². The standard InChI is InChI=1S/C17H17F3N2O2/c1-2-14(22-16(24)12-7-9-21-10-8-12)15(23)11-3-5-13(6-4-11)17(18,19)20/h3-10,14-15,23H,2H2,1H3,(H,22,24)/t14-,15+/m0/s1. The van der Waals surface area contributed by atoms with Crippen molar-refractivity contribution in [2.24, 2.45) is 0 Å². The van der Waals surface area contributed by atoms with E-state index in [0.29, 0.717) is 17.5 Å². The van der Waals surface area contributed by atoms with Crippen molar-refractivity contribution in [3.63, 3.8) is 0 Å². The molecule has 1 heterocycles. The van der Waals surface area contributed by atoms with Crippen LogP contribution in [0.15, 0.2) is 48.8 Å². The van der Waals surface area contributed by atoms with E-state index >= 15 is 0 Å².